The summed E-state index contributed by atoms with van der Waals surface area (Å²) >= 11 is 5.72. The number of nitrogens with zero attached hydrogens (tertiary/aromatic N) is 3. The molecular weight excluding hydrogens is 488 g/mol. The first-order valence-corrected chi connectivity index (χ1v) is 11.0. The molecule has 0 atom stereocenters. The zero-order valence-electron chi connectivity index (χ0n) is 18.4. The molecule has 0 unspecified atom stereocenters. The van der Waals surface area contributed by atoms with Crippen molar-refractivity contribution in [3.8, 4) is 5.88 Å². The van der Waals surface area contributed by atoms with Crippen molar-refractivity contribution in [3.05, 3.63) is 53.0 Å². The average molecular weight is 508 g/mol. The number of esters is 1. The van der Waals surface area contributed by atoms with Crippen molar-refractivity contribution in [2.75, 3.05) is 17.7 Å². The van der Waals surface area contributed by atoms with Crippen LogP contribution in [0, 0.1) is 17.7 Å². The summed E-state index contributed by atoms with van der Waals surface area (Å²) in [5.41, 5.74) is 0.145. The Kier molecular flexibility index (Phi) is 7.39. The van der Waals surface area contributed by atoms with Crippen LogP contribution in [0.3, 0.4) is 0 Å². The van der Waals surface area contributed by atoms with Gasteiger partial charge in [-0.05, 0) is 49.9 Å². The fraction of sp³-hybridized carbons (Fsp3) is 0.318. The number of pyridine rings is 1. The van der Waals surface area contributed by atoms with Crippen molar-refractivity contribution < 1.29 is 32.3 Å². The summed E-state index contributed by atoms with van der Waals surface area (Å²) in [5.74, 6) is -3.20. The van der Waals surface area contributed by atoms with E-state index in [9.17, 15) is 18.4 Å². The maximum Gasteiger partial charge on any atom is 0.320 e. The molecule has 1 saturated carbocycles. The minimum atomic E-state index is -0.960. The van der Waals surface area contributed by atoms with E-state index in [1.807, 2.05) is 0 Å². The van der Waals surface area contributed by atoms with Gasteiger partial charge >= 0.3 is 23.8 Å². The molecule has 4 rings (SSSR count). The number of hydrogen-bond donors (Lipinski definition) is 2. The summed E-state index contributed by atoms with van der Waals surface area (Å²) < 4.78 is 43.4. The van der Waals surface area contributed by atoms with Gasteiger partial charge in [0, 0.05) is 11.8 Å². The Morgan fingerprint density at radius 3 is 2.57 bits per heavy atom. The average Bonchev–Trinajstić information content (AvgIpc) is 3.32. The van der Waals surface area contributed by atoms with Crippen LogP contribution in [0.15, 0.2) is 34.7 Å². The Balaban J connectivity index is 1.33. The summed E-state index contributed by atoms with van der Waals surface area (Å²) in [6, 6.07) is 6.40. The number of benzene rings is 1. The quantitative estimate of drug-likeness (QED) is 0.350. The third-order valence-corrected chi connectivity index (χ3v) is 5.65. The fourth-order valence-corrected chi connectivity index (χ4v) is 3.75. The molecule has 3 aromatic rings. The lowest BCUT2D eigenvalue weighted by Crippen LogP contribution is -2.28. The van der Waals surface area contributed by atoms with E-state index >= 15 is 0 Å². The van der Waals surface area contributed by atoms with Gasteiger partial charge in [-0.2, -0.15) is 9.37 Å². The summed E-state index contributed by atoms with van der Waals surface area (Å²) in [6.45, 7) is 0. The molecule has 13 heteroatoms. The van der Waals surface area contributed by atoms with E-state index in [-0.39, 0.29) is 40.6 Å². The SMILES string of the molecule is COC(=O)[C@H]1CC[C@H](Oc2ccc(NC(=O)c3nnc(Nc4ccc(F)c(Cl)c4)o3)c(F)n2)CC1. The molecule has 2 N–H and O–H groups in total. The maximum atomic E-state index is 14.5. The zero-order valence-corrected chi connectivity index (χ0v) is 19.1. The smallest absolute Gasteiger partial charge is 0.320 e. The lowest BCUT2D eigenvalue weighted by Gasteiger charge is -2.27. The van der Waals surface area contributed by atoms with Gasteiger partial charge in [0.15, 0.2) is 0 Å². The van der Waals surface area contributed by atoms with E-state index in [4.69, 9.17) is 25.5 Å². The Morgan fingerprint density at radius 1 is 1.11 bits per heavy atom. The van der Waals surface area contributed by atoms with E-state index < -0.39 is 23.6 Å². The van der Waals surface area contributed by atoms with Crippen LogP contribution in [0.4, 0.5) is 26.2 Å². The number of carbonyl (C=O) groups excluding carboxylic acids is 2. The molecule has 35 heavy (non-hydrogen) atoms. The van der Waals surface area contributed by atoms with E-state index in [1.54, 1.807) is 0 Å². The Hall–Kier alpha value is -3.80. The normalized spacial score (nSPS) is 17.5. The first-order valence-electron chi connectivity index (χ1n) is 10.6. The molecule has 1 aromatic carbocycles. The molecule has 0 bridgehead atoms. The predicted molar refractivity (Wildman–Crippen MR) is 120 cm³/mol. The number of amides is 1. The molecule has 184 valence electrons. The van der Waals surface area contributed by atoms with Crippen molar-refractivity contribution in [1.29, 1.82) is 0 Å². The fourth-order valence-electron chi connectivity index (χ4n) is 3.57. The largest absolute Gasteiger partial charge is 0.474 e. The highest BCUT2D eigenvalue weighted by atomic mass is 35.5. The minimum Gasteiger partial charge on any atom is -0.474 e. The number of anilines is 3. The number of methoxy groups -OCH3 is 1. The number of nitrogens with one attached hydrogen (secondary N) is 2. The minimum absolute atomic E-state index is 0.0595. The lowest BCUT2D eigenvalue weighted by atomic mass is 9.87. The van der Waals surface area contributed by atoms with Crippen molar-refractivity contribution in [3.63, 3.8) is 0 Å². The molecule has 10 nitrogen and oxygen atoms in total. The highest BCUT2D eigenvalue weighted by Gasteiger charge is 2.28. The van der Waals surface area contributed by atoms with E-state index in [0.29, 0.717) is 31.4 Å². The molecule has 1 fully saturated rings. The number of carbonyl (C=O) groups is 2. The van der Waals surface area contributed by atoms with Gasteiger partial charge in [0.1, 0.15) is 11.9 Å². The number of hydrogen-bond acceptors (Lipinski definition) is 9. The number of aromatic nitrogens is 3. The van der Waals surface area contributed by atoms with Crippen LogP contribution >= 0.6 is 11.6 Å². The van der Waals surface area contributed by atoms with Crippen LogP contribution in [-0.2, 0) is 9.53 Å². The van der Waals surface area contributed by atoms with Crippen molar-refractivity contribution in [1.82, 2.24) is 15.2 Å². The zero-order chi connectivity index (χ0) is 24.9. The summed E-state index contributed by atoms with van der Waals surface area (Å²) in [5, 5.41) is 12.1. The second-order valence-corrected chi connectivity index (χ2v) is 8.13. The maximum absolute atomic E-state index is 14.5. The van der Waals surface area contributed by atoms with Crippen molar-refractivity contribution >= 4 is 40.9 Å². The molecule has 0 aliphatic heterocycles. The summed E-state index contributed by atoms with van der Waals surface area (Å²) in [6.07, 6.45) is 2.24. The lowest BCUT2D eigenvalue weighted by molar-refractivity contribution is -0.147. The molecule has 0 radical (unpaired) electrons. The van der Waals surface area contributed by atoms with Gasteiger partial charge in [-0.25, -0.2) is 4.39 Å². The Morgan fingerprint density at radius 2 is 1.89 bits per heavy atom. The van der Waals surface area contributed by atoms with Gasteiger partial charge in [0.2, 0.25) is 11.8 Å². The first kappa shape index (κ1) is 24.3. The highest BCUT2D eigenvalue weighted by Crippen LogP contribution is 2.29. The summed E-state index contributed by atoms with van der Waals surface area (Å²) in [7, 11) is 1.36. The molecule has 1 amide bonds. The van der Waals surface area contributed by atoms with Crippen molar-refractivity contribution in [2.24, 2.45) is 5.92 Å². The van der Waals surface area contributed by atoms with Crippen LogP contribution in [0.2, 0.25) is 5.02 Å². The van der Waals surface area contributed by atoms with E-state index in [0.717, 1.165) is 6.07 Å². The van der Waals surface area contributed by atoms with Crippen LogP contribution in [-0.4, -0.2) is 40.3 Å². The molecule has 0 saturated heterocycles. The second-order valence-electron chi connectivity index (χ2n) is 7.72. The van der Waals surface area contributed by atoms with Crippen LogP contribution < -0.4 is 15.4 Å². The second kappa shape index (κ2) is 10.6. The predicted octanol–water partition coefficient (Wildman–Crippen LogP) is 4.50. The van der Waals surface area contributed by atoms with Gasteiger partial charge in [-0.15, -0.1) is 5.10 Å². The summed E-state index contributed by atoms with van der Waals surface area (Å²) in [4.78, 5) is 27.7. The highest BCUT2D eigenvalue weighted by molar-refractivity contribution is 6.31. The number of halogens is 3. The first-order chi connectivity index (χ1) is 16.8. The van der Waals surface area contributed by atoms with E-state index in [2.05, 4.69) is 25.8 Å². The van der Waals surface area contributed by atoms with Gasteiger partial charge in [0.25, 0.3) is 0 Å². The van der Waals surface area contributed by atoms with Gasteiger partial charge in [0.05, 0.1) is 23.7 Å². The van der Waals surface area contributed by atoms with Crippen molar-refractivity contribution in [2.45, 2.75) is 31.8 Å². The molecular formula is C22H20ClF2N5O5. The van der Waals surface area contributed by atoms with Crippen LogP contribution in [0.5, 0.6) is 5.88 Å². The molecule has 0 spiro atoms. The van der Waals surface area contributed by atoms with Crippen LogP contribution in [0.25, 0.3) is 0 Å². The molecule has 2 heterocycles. The Labute approximate surface area is 203 Å². The number of rotatable bonds is 7. The van der Waals surface area contributed by atoms with Crippen LogP contribution in [0.1, 0.15) is 36.4 Å². The van der Waals surface area contributed by atoms with Gasteiger partial charge in [-0.3, -0.25) is 9.59 Å². The monoisotopic (exact) mass is 507 g/mol. The molecule has 2 aromatic heterocycles. The molecule has 1 aliphatic carbocycles. The Bertz CT molecular complexity index is 1230. The van der Waals surface area contributed by atoms with Gasteiger partial charge < -0.3 is 24.5 Å². The van der Waals surface area contributed by atoms with Gasteiger partial charge in [-0.1, -0.05) is 16.7 Å². The van der Waals surface area contributed by atoms with E-state index in [1.165, 1.54) is 31.4 Å². The third kappa shape index (κ3) is 6.01. The molecule has 1 aliphatic rings. The third-order valence-electron chi connectivity index (χ3n) is 5.36. The number of ether oxygens (including phenoxy) is 2. The standard InChI is InChI=1S/C22H20ClF2N5O5/c1-33-21(32)11-2-5-13(6-3-11)34-17-9-8-16(18(25)28-17)27-19(31)20-29-30-22(35-20)26-12-4-7-15(24)14(23)10-12/h4,7-11,13H,2-3,5-6H2,1H3,(H,26,30)(H,27,31)/t11-,13-. The topological polar surface area (TPSA) is 128 Å².